The zero-order valence-electron chi connectivity index (χ0n) is 9.64. The van der Waals surface area contributed by atoms with E-state index in [0.717, 1.165) is 37.3 Å². The van der Waals surface area contributed by atoms with Gasteiger partial charge in [0.2, 0.25) is 5.01 Å². The van der Waals surface area contributed by atoms with Gasteiger partial charge >= 0.3 is 5.97 Å². The Morgan fingerprint density at radius 1 is 1.47 bits per heavy atom. The van der Waals surface area contributed by atoms with Gasteiger partial charge in [0.25, 0.3) is 5.91 Å². The summed E-state index contributed by atoms with van der Waals surface area (Å²) in [6, 6.07) is 0. The molecule has 0 N–H and O–H groups in total. The number of aromatic nitrogens is 1. The first kappa shape index (κ1) is 12.0. The fraction of sp³-hybridized carbons (Fsp3) is 0.545. The van der Waals surface area contributed by atoms with Crippen LogP contribution in [0.4, 0.5) is 0 Å². The monoisotopic (exact) mass is 254 g/mol. The van der Waals surface area contributed by atoms with E-state index in [1.165, 1.54) is 0 Å². The second-order valence-electron chi connectivity index (χ2n) is 3.76. The molecule has 0 aromatic carbocycles. The molecule has 0 unspecified atom stereocenters. The highest BCUT2D eigenvalue weighted by Gasteiger charge is 2.23. The second kappa shape index (κ2) is 5.27. The van der Waals surface area contributed by atoms with E-state index in [2.05, 4.69) is 4.98 Å². The highest BCUT2D eigenvalue weighted by molar-refractivity contribution is 7.11. The molecule has 0 spiro atoms. The lowest BCUT2D eigenvalue weighted by Gasteiger charge is -2.12. The van der Waals surface area contributed by atoms with E-state index >= 15 is 0 Å². The van der Waals surface area contributed by atoms with Gasteiger partial charge in [-0.3, -0.25) is 4.79 Å². The third kappa shape index (κ3) is 2.63. The Balaban J connectivity index is 2.07. The van der Waals surface area contributed by atoms with Gasteiger partial charge in [-0.05, 0) is 19.8 Å². The molecular formula is C11H14N2O3S. The summed E-state index contributed by atoms with van der Waals surface area (Å²) in [5, 5.41) is 1.86. The van der Waals surface area contributed by atoms with Crippen molar-refractivity contribution in [3.8, 4) is 0 Å². The van der Waals surface area contributed by atoms with Crippen LogP contribution in [-0.4, -0.2) is 41.5 Å². The van der Waals surface area contributed by atoms with E-state index < -0.39 is 5.97 Å². The number of carbonyl (C=O) groups excluding carboxylic acids is 2. The number of ether oxygens (including phenoxy) is 1. The van der Waals surface area contributed by atoms with Gasteiger partial charge in [-0.2, -0.15) is 0 Å². The summed E-state index contributed by atoms with van der Waals surface area (Å²) in [6.07, 6.45) is 2.08. The van der Waals surface area contributed by atoms with Crippen LogP contribution in [0.3, 0.4) is 0 Å². The Morgan fingerprint density at radius 3 is 2.82 bits per heavy atom. The zero-order valence-corrected chi connectivity index (χ0v) is 10.5. The van der Waals surface area contributed by atoms with Crippen molar-refractivity contribution in [2.45, 2.75) is 19.8 Å². The van der Waals surface area contributed by atoms with Crippen LogP contribution in [0, 0.1) is 0 Å². The summed E-state index contributed by atoms with van der Waals surface area (Å²) >= 11 is 1.15. The van der Waals surface area contributed by atoms with Gasteiger partial charge in [-0.25, -0.2) is 9.78 Å². The van der Waals surface area contributed by atoms with Crippen LogP contribution in [0.5, 0.6) is 0 Å². The molecule has 5 nitrogen and oxygen atoms in total. The van der Waals surface area contributed by atoms with Gasteiger partial charge in [-0.15, -0.1) is 11.3 Å². The molecule has 0 aliphatic carbocycles. The highest BCUT2D eigenvalue weighted by atomic mass is 32.1. The molecule has 1 aromatic heterocycles. The van der Waals surface area contributed by atoms with Crippen molar-refractivity contribution < 1.29 is 14.3 Å². The molecule has 1 aliphatic heterocycles. The van der Waals surface area contributed by atoms with Crippen molar-refractivity contribution in [2.75, 3.05) is 19.7 Å². The minimum Gasteiger partial charge on any atom is -0.461 e. The normalized spacial score (nSPS) is 15.0. The molecule has 1 aliphatic rings. The molecular weight excluding hydrogens is 240 g/mol. The fourth-order valence-corrected chi connectivity index (χ4v) is 2.42. The van der Waals surface area contributed by atoms with E-state index in [1.807, 2.05) is 0 Å². The molecule has 0 radical (unpaired) electrons. The van der Waals surface area contributed by atoms with Crippen LogP contribution in [0.25, 0.3) is 0 Å². The van der Waals surface area contributed by atoms with Gasteiger partial charge in [-0.1, -0.05) is 0 Å². The zero-order chi connectivity index (χ0) is 12.3. The molecule has 1 aromatic rings. The molecule has 0 atom stereocenters. The number of hydrogen-bond donors (Lipinski definition) is 0. The number of hydrogen-bond acceptors (Lipinski definition) is 5. The summed E-state index contributed by atoms with van der Waals surface area (Å²) in [5.74, 6) is -0.549. The van der Waals surface area contributed by atoms with Crippen molar-refractivity contribution in [2.24, 2.45) is 0 Å². The van der Waals surface area contributed by atoms with Crippen LogP contribution in [0.1, 0.15) is 40.1 Å². The SMILES string of the molecule is CCOC(=O)c1nc(C(=O)N2CCCC2)cs1. The molecule has 17 heavy (non-hydrogen) atoms. The topological polar surface area (TPSA) is 59.5 Å². The predicted octanol–water partition coefficient (Wildman–Crippen LogP) is 1.56. The minimum absolute atomic E-state index is 0.0886. The Kier molecular flexibility index (Phi) is 3.73. The van der Waals surface area contributed by atoms with Crippen LogP contribution >= 0.6 is 11.3 Å². The molecule has 2 heterocycles. The van der Waals surface area contributed by atoms with Crippen LogP contribution in [-0.2, 0) is 4.74 Å². The third-order valence-electron chi connectivity index (χ3n) is 2.57. The van der Waals surface area contributed by atoms with Crippen LogP contribution in [0.15, 0.2) is 5.38 Å². The average Bonchev–Trinajstić information content (AvgIpc) is 3.00. The molecule has 6 heteroatoms. The highest BCUT2D eigenvalue weighted by Crippen LogP contribution is 2.16. The first-order valence-corrected chi connectivity index (χ1v) is 6.52. The van der Waals surface area contributed by atoms with Crippen molar-refractivity contribution in [3.63, 3.8) is 0 Å². The molecule has 1 amide bonds. The summed E-state index contributed by atoms with van der Waals surface area (Å²) in [4.78, 5) is 29.2. The standard InChI is InChI=1S/C11H14N2O3S/c1-2-16-11(15)9-12-8(7-17-9)10(14)13-5-3-4-6-13/h7H,2-6H2,1H3. The molecule has 0 saturated carbocycles. The molecule has 1 fully saturated rings. The number of carbonyl (C=O) groups is 2. The van der Waals surface area contributed by atoms with Gasteiger partial charge < -0.3 is 9.64 Å². The number of nitrogens with zero attached hydrogens (tertiary/aromatic N) is 2. The smallest absolute Gasteiger partial charge is 0.367 e. The van der Waals surface area contributed by atoms with Crippen LogP contribution < -0.4 is 0 Å². The third-order valence-corrected chi connectivity index (χ3v) is 3.39. The van der Waals surface area contributed by atoms with E-state index in [4.69, 9.17) is 4.74 Å². The average molecular weight is 254 g/mol. The molecule has 0 bridgehead atoms. The molecule has 1 saturated heterocycles. The Hall–Kier alpha value is -1.43. The first-order chi connectivity index (χ1) is 8.22. The van der Waals surface area contributed by atoms with Gasteiger partial charge in [0.15, 0.2) is 0 Å². The molecule has 2 rings (SSSR count). The molecule has 92 valence electrons. The van der Waals surface area contributed by atoms with Gasteiger partial charge in [0.05, 0.1) is 6.61 Å². The largest absolute Gasteiger partial charge is 0.461 e. The number of thiazole rings is 1. The van der Waals surface area contributed by atoms with Crippen molar-refractivity contribution in [1.29, 1.82) is 0 Å². The minimum atomic E-state index is -0.460. The summed E-state index contributed by atoms with van der Waals surface area (Å²) < 4.78 is 4.83. The van der Waals surface area contributed by atoms with Crippen molar-refractivity contribution in [3.05, 3.63) is 16.1 Å². The maximum Gasteiger partial charge on any atom is 0.367 e. The lowest BCUT2D eigenvalue weighted by molar-refractivity contribution is 0.0526. The quantitative estimate of drug-likeness (QED) is 0.768. The Labute approximate surface area is 103 Å². The number of likely N-dealkylation sites (tertiary alicyclic amines) is 1. The van der Waals surface area contributed by atoms with E-state index in [-0.39, 0.29) is 10.9 Å². The second-order valence-corrected chi connectivity index (χ2v) is 4.62. The Morgan fingerprint density at radius 2 is 2.18 bits per heavy atom. The number of amides is 1. The maximum atomic E-state index is 12.0. The number of esters is 1. The lowest BCUT2D eigenvalue weighted by Crippen LogP contribution is -2.27. The van der Waals surface area contributed by atoms with Crippen molar-refractivity contribution in [1.82, 2.24) is 9.88 Å². The lowest BCUT2D eigenvalue weighted by atomic mass is 10.4. The summed E-state index contributed by atoms with van der Waals surface area (Å²) in [6.45, 7) is 3.62. The van der Waals surface area contributed by atoms with Crippen LogP contribution in [0.2, 0.25) is 0 Å². The summed E-state index contributed by atoms with van der Waals surface area (Å²) in [5.41, 5.74) is 0.347. The van der Waals surface area contributed by atoms with Gasteiger partial charge in [0, 0.05) is 18.5 Å². The number of rotatable bonds is 3. The summed E-state index contributed by atoms with van der Waals surface area (Å²) in [7, 11) is 0. The predicted molar refractivity (Wildman–Crippen MR) is 63.2 cm³/mol. The van der Waals surface area contributed by atoms with Crippen molar-refractivity contribution >= 4 is 23.2 Å². The van der Waals surface area contributed by atoms with E-state index in [1.54, 1.807) is 17.2 Å². The fourth-order valence-electron chi connectivity index (χ4n) is 1.74. The maximum absolute atomic E-state index is 12.0. The van der Waals surface area contributed by atoms with E-state index in [9.17, 15) is 9.59 Å². The van der Waals surface area contributed by atoms with Gasteiger partial charge in [0.1, 0.15) is 5.69 Å². The van der Waals surface area contributed by atoms with E-state index in [0.29, 0.717) is 12.3 Å². The Bertz CT molecular complexity index is 424. The first-order valence-electron chi connectivity index (χ1n) is 5.64.